The lowest BCUT2D eigenvalue weighted by Gasteiger charge is -2.32. The molecular weight excluding hydrogens is 321 g/mol. The molecule has 3 N–H and O–H groups in total. The second-order valence-electron chi connectivity index (χ2n) is 5.97. The lowest BCUT2D eigenvalue weighted by molar-refractivity contribution is 0.0921. The predicted octanol–water partition coefficient (Wildman–Crippen LogP) is 2.96. The number of amides is 1. The minimum Gasteiger partial charge on any atom is -0.398 e. The SMILES string of the molecule is CC1CCCN(CC(C)NC(=O)c2ccccc2N)C1.Cl.Cl. The van der Waals surface area contributed by atoms with Gasteiger partial charge in [0.1, 0.15) is 0 Å². The maximum absolute atomic E-state index is 12.2. The first kappa shape index (κ1) is 21.0. The van der Waals surface area contributed by atoms with Crippen molar-refractivity contribution in [2.75, 3.05) is 25.4 Å². The van der Waals surface area contributed by atoms with E-state index in [0.29, 0.717) is 11.3 Å². The number of hydrogen-bond donors (Lipinski definition) is 2. The molecule has 2 unspecified atom stereocenters. The van der Waals surface area contributed by atoms with Crippen LogP contribution >= 0.6 is 24.8 Å². The van der Waals surface area contributed by atoms with E-state index >= 15 is 0 Å². The number of nitrogens with zero attached hydrogens (tertiary/aromatic N) is 1. The zero-order chi connectivity index (χ0) is 14.5. The van der Waals surface area contributed by atoms with Gasteiger partial charge in [-0.1, -0.05) is 19.1 Å². The molecule has 0 aliphatic carbocycles. The average molecular weight is 348 g/mol. The summed E-state index contributed by atoms with van der Waals surface area (Å²) in [6.45, 7) is 7.52. The Hall–Kier alpha value is -0.970. The van der Waals surface area contributed by atoms with Gasteiger partial charge in [-0.2, -0.15) is 0 Å². The summed E-state index contributed by atoms with van der Waals surface area (Å²) in [6, 6.07) is 7.33. The van der Waals surface area contributed by atoms with Crippen molar-refractivity contribution in [2.45, 2.75) is 32.7 Å². The third kappa shape index (κ3) is 6.03. The van der Waals surface area contributed by atoms with Gasteiger partial charge in [-0.15, -0.1) is 24.8 Å². The maximum atomic E-state index is 12.2. The van der Waals surface area contributed by atoms with Crippen molar-refractivity contribution in [2.24, 2.45) is 5.92 Å². The molecule has 1 aliphatic heterocycles. The second-order valence-corrected chi connectivity index (χ2v) is 5.97. The number of nitrogens with one attached hydrogen (secondary N) is 1. The molecule has 1 heterocycles. The Kier molecular flexibility index (Phi) is 9.49. The molecule has 0 radical (unpaired) electrons. The van der Waals surface area contributed by atoms with Crippen molar-refractivity contribution < 1.29 is 4.79 Å². The summed E-state index contributed by atoms with van der Waals surface area (Å²) in [5.41, 5.74) is 6.92. The number of nitrogens with two attached hydrogens (primary N) is 1. The largest absolute Gasteiger partial charge is 0.398 e. The highest BCUT2D eigenvalue weighted by atomic mass is 35.5. The van der Waals surface area contributed by atoms with Crippen LogP contribution in [-0.2, 0) is 0 Å². The molecular formula is C16H27Cl2N3O. The molecule has 2 rings (SSSR count). The van der Waals surface area contributed by atoms with Crippen LogP contribution in [0, 0.1) is 5.92 Å². The van der Waals surface area contributed by atoms with Crippen LogP contribution in [0.2, 0.25) is 0 Å². The molecule has 1 saturated heterocycles. The van der Waals surface area contributed by atoms with Crippen molar-refractivity contribution in [3.63, 3.8) is 0 Å². The monoisotopic (exact) mass is 347 g/mol. The van der Waals surface area contributed by atoms with E-state index in [1.54, 1.807) is 12.1 Å². The van der Waals surface area contributed by atoms with E-state index in [0.717, 1.165) is 25.6 Å². The Balaban J connectivity index is 0.00000220. The lowest BCUT2D eigenvalue weighted by atomic mass is 10.00. The number of carbonyl (C=O) groups excluding carboxylic acids is 1. The first-order chi connectivity index (χ1) is 9.56. The number of hydrogen-bond acceptors (Lipinski definition) is 3. The van der Waals surface area contributed by atoms with Crippen LogP contribution in [0.4, 0.5) is 5.69 Å². The van der Waals surface area contributed by atoms with Crippen LogP contribution < -0.4 is 11.1 Å². The van der Waals surface area contributed by atoms with Crippen molar-refractivity contribution in [1.29, 1.82) is 0 Å². The fraction of sp³-hybridized carbons (Fsp3) is 0.562. The Bertz CT molecular complexity index is 470. The van der Waals surface area contributed by atoms with E-state index in [4.69, 9.17) is 5.73 Å². The van der Waals surface area contributed by atoms with E-state index in [9.17, 15) is 4.79 Å². The molecule has 4 nitrogen and oxygen atoms in total. The third-order valence-electron chi connectivity index (χ3n) is 3.86. The Morgan fingerprint density at radius 2 is 2.09 bits per heavy atom. The molecule has 1 aliphatic rings. The first-order valence-corrected chi connectivity index (χ1v) is 7.44. The number of halogens is 2. The number of anilines is 1. The van der Waals surface area contributed by atoms with Crippen molar-refractivity contribution >= 4 is 36.4 Å². The molecule has 2 atom stereocenters. The standard InChI is InChI=1S/C16H25N3O.2ClH/c1-12-6-5-9-19(10-12)11-13(2)18-16(20)14-7-3-4-8-15(14)17;;/h3-4,7-8,12-13H,5-6,9-11,17H2,1-2H3,(H,18,20);2*1H. The normalized spacial score (nSPS) is 19.5. The minimum absolute atomic E-state index is 0. The molecule has 0 bridgehead atoms. The van der Waals surface area contributed by atoms with E-state index in [-0.39, 0.29) is 36.8 Å². The molecule has 1 amide bonds. The van der Waals surface area contributed by atoms with Gasteiger partial charge in [0.25, 0.3) is 5.91 Å². The van der Waals surface area contributed by atoms with Crippen molar-refractivity contribution in [3.05, 3.63) is 29.8 Å². The topological polar surface area (TPSA) is 58.4 Å². The van der Waals surface area contributed by atoms with Crippen LogP contribution in [0.3, 0.4) is 0 Å². The summed E-state index contributed by atoms with van der Waals surface area (Å²) in [5, 5.41) is 3.04. The van der Waals surface area contributed by atoms with Crippen LogP contribution in [0.5, 0.6) is 0 Å². The Labute approximate surface area is 145 Å². The molecule has 126 valence electrons. The lowest BCUT2D eigenvalue weighted by Crippen LogP contribution is -2.45. The minimum atomic E-state index is -0.0827. The van der Waals surface area contributed by atoms with Gasteiger partial charge in [-0.25, -0.2) is 0 Å². The molecule has 1 aromatic rings. The highest BCUT2D eigenvalue weighted by Gasteiger charge is 2.19. The van der Waals surface area contributed by atoms with Gasteiger partial charge < -0.3 is 16.0 Å². The number of piperidine rings is 1. The summed E-state index contributed by atoms with van der Waals surface area (Å²) in [4.78, 5) is 14.6. The Morgan fingerprint density at radius 1 is 1.41 bits per heavy atom. The van der Waals surface area contributed by atoms with Gasteiger partial charge in [0, 0.05) is 24.8 Å². The van der Waals surface area contributed by atoms with Crippen molar-refractivity contribution in [3.8, 4) is 0 Å². The quantitative estimate of drug-likeness (QED) is 0.823. The summed E-state index contributed by atoms with van der Waals surface area (Å²) >= 11 is 0. The van der Waals surface area contributed by atoms with Gasteiger partial charge in [-0.3, -0.25) is 4.79 Å². The number of carbonyl (C=O) groups is 1. The number of benzene rings is 1. The van der Waals surface area contributed by atoms with Crippen LogP contribution in [-0.4, -0.2) is 36.5 Å². The Morgan fingerprint density at radius 3 is 2.73 bits per heavy atom. The highest BCUT2D eigenvalue weighted by molar-refractivity contribution is 5.99. The fourth-order valence-corrected chi connectivity index (χ4v) is 2.89. The molecule has 22 heavy (non-hydrogen) atoms. The fourth-order valence-electron chi connectivity index (χ4n) is 2.89. The summed E-state index contributed by atoms with van der Waals surface area (Å²) < 4.78 is 0. The molecule has 0 saturated carbocycles. The smallest absolute Gasteiger partial charge is 0.253 e. The molecule has 0 aromatic heterocycles. The summed E-state index contributed by atoms with van der Waals surface area (Å²) in [6.07, 6.45) is 2.57. The van der Waals surface area contributed by atoms with Crippen molar-refractivity contribution in [1.82, 2.24) is 10.2 Å². The predicted molar refractivity (Wildman–Crippen MR) is 97.1 cm³/mol. The molecule has 0 spiro atoms. The van der Waals surface area contributed by atoms with Gasteiger partial charge in [0.2, 0.25) is 0 Å². The van der Waals surface area contributed by atoms with E-state index in [2.05, 4.69) is 24.1 Å². The van der Waals surface area contributed by atoms with Crippen LogP contribution in [0.15, 0.2) is 24.3 Å². The van der Waals surface area contributed by atoms with E-state index in [1.165, 1.54) is 12.8 Å². The maximum Gasteiger partial charge on any atom is 0.253 e. The van der Waals surface area contributed by atoms with Crippen LogP contribution in [0.25, 0.3) is 0 Å². The number of likely N-dealkylation sites (tertiary alicyclic amines) is 1. The van der Waals surface area contributed by atoms with Crippen LogP contribution in [0.1, 0.15) is 37.0 Å². The first-order valence-electron chi connectivity index (χ1n) is 7.44. The number of rotatable bonds is 4. The highest BCUT2D eigenvalue weighted by Crippen LogP contribution is 2.15. The molecule has 1 fully saturated rings. The zero-order valence-corrected chi connectivity index (χ0v) is 14.9. The second kappa shape index (κ2) is 9.93. The van der Waals surface area contributed by atoms with Gasteiger partial charge in [0.15, 0.2) is 0 Å². The van der Waals surface area contributed by atoms with Gasteiger partial charge in [0.05, 0.1) is 5.56 Å². The molecule has 1 aromatic carbocycles. The average Bonchev–Trinajstić information content (AvgIpc) is 2.38. The van der Waals surface area contributed by atoms with E-state index < -0.39 is 0 Å². The van der Waals surface area contributed by atoms with E-state index in [1.807, 2.05) is 12.1 Å². The van der Waals surface area contributed by atoms with Gasteiger partial charge in [-0.05, 0) is 44.4 Å². The summed E-state index contributed by atoms with van der Waals surface area (Å²) in [5.74, 6) is 0.678. The number of nitrogen functional groups attached to an aromatic ring is 1. The zero-order valence-electron chi connectivity index (χ0n) is 13.2. The number of para-hydroxylation sites is 1. The molecule has 6 heteroatoms. The third-order valence-corrected chi connectivity index (χ3v) is 3.86. The van der Waals surface area contributed by atoms with Gasteiger partial charge >= 0.3 is 0 Å². The summed E-state index contributed by atoms with van der Waals surface area (Å²) in [7, 11) is 0.